The van der Waals surface area contributed by atoms with Crippen LogP contribution in [-0.2, 0) is 12.3 Å². The minimum absolute atomic E-state index is 0.0510. The molecule has 0 atom stereocenters. The van der Waals surface area contributed by atoms with Crippen molar-refractivity contribution < 1.29 is 30.7 Å². The minimum Gasteiger partial charge on any atom is -0.206 e. The van der Waals surface area contributed by atoms with Gasteiger partial charge in [0.1, 0.15) is 29.1 Å². The van der Waals surface area contributed by atoms with Gasteiger partial charge in [-0.1, -0.05) is 19.1 Å². The number of rotatable bonds is 4. The SMILES string of the molecule is CCc1ccc(-c2cc(F)c(-c3cc(F)c(C(C)(F)F)c(F)c3)c(F)c2)c(F)c1. The molecular formula is C22H15F7. The molecule has 0 aliphatic rings. The van der Waals surface area contributed by atoms with Crippen LogP contribution in [0.1, 0.15) is 25.0 Å². The molecule has 0 spiro atoms. The zero-order valence-electron chi connectivity index (χ0n) is 15.4. The lowest BCUT2D eigenvalue weighted by atomic mass is 9.96. The largest absolute Gasteiger partial charge is 0.276 e. The summed E-state index contributed by atoms with van der Waals surface area (Å²) in [5.74, 6) is -10.2. The summed E-state index contributed by atoms with van der Waals surface area (Å²) in [6.07, 6.45) is 0.572. The molecular weight excluding hydrogens is 397 g/mol. The number of alkyl halides is 2. The number of halogens is 7. The van der Waals surface area contributed by atoms with Crippen LogP contribution in [0.4, 0.5) is 30.7 Å². The molecule has 0 radical (unpaired) electrons. The van der Waals surface area contributed by atoms with E-state index in [0.717, 1.165) is 12.1 Å². The van der Waals surface area contributed by atoms with Crippen LogP contribution in [-0.4, -0.2) is 0 Å². The van der Waals surface area contributed by atoms with Crippen molar-refractivity contribution in [3.63, 3.8) is 0 Å². The van der Waals surface area contributed by atoms with E-state index in [1.54, 1.807) is 6.07 Å². The normalized spacial score (nSPS) is 11.8. The summed E-state index contributed by atoms with van der Waals surface area (Å²) in [5.41, 5.74) is -2.34. The van der Waals surface area contributed by atoms with Gasteiger partial charge in [0.2, 0.25) is 0 Å². The molecule has 0 heterocycles. The van der Waals surface area contributed by atoms with Crippen molar-refractivity contribution in [2.24, 2.45) is 0 Å². The molecule has 0 saturated carbocycles. The summed E-state index contributed by atoms with van der Waals surface area (Å²) >= 11 is 0. The van der Waals surface area contributed by atoms with Crippen molar-refractivity contribution in [2.45, 2.75) is 26.2 Å². The Kier molecular flexibility index (Phi) is 5.43. The molecule has 7 heteroatoms. The van der Waals surface area contributed by atoms with E-state index in [4.69, 9.17) is 0 Å². The standard InChI is InChI=1S/C22H15F7/c1-3-11-4-5-14(15(23)6-11)12-7-16(24)20(17(25)8-12)13-9-18(26)21(19(27)10-13)22(2,28)29/h4-10H,3H2,1-2H3. The molecule has 3 aromatic rings. The van der Waals surface area contributed by atoms with Crippen LogP contribution in [0.5, 0.6) is 0 Å². The number of benzene rings is 3. The van der Waals surface area contributed by atoms with Crippen molar-refractivity contribution in [1.29, 1.82) is 0 Å². The fraction of sp³-hybridized carbons (Fsp3) is 0.182. The maximum absolute atomic E-state index is 14.6. The molecule has 0 unspecified atom stereocenters. The summed E-state index contributed by atoms with van der Waals surface area (Å²) < 4.78 is 98.2. The third kappa shape index (κ3) is 3.99. The number of aryl methyl sites for hydroxylation is 1. The van der Waals surface area contributed by atoms with Crippen LogP contribution in [0.25, 0.3) is 22.3 Å². The van der Waals surface area contributed by atoms with Gasteiger partial charge in [-0.05, 0) is 53.4 Å². The zero-order chi connectivity index (χ0) is 21.5. The third-order valence-corrected chi connectivity index (χ3v) is 4.56. The van der Waals surface area contributed by atoms with Gasteiger partial charge in [0.15, 0.2) is 0 Å². The Balaban J connectivity index is 2.12. The van der Waals surface area contributed by atoms with Gasteiger partial charge in [-0.3, -0.25) is 0 Å². The molecule has 29 heavy (non-hydrogen) atoms. The van der Waals surface area contributed by atoms with E-state index in [-0.39, 0.29) is 11.1 Å². The van der Waals surface area contributed by atoms with Crippen molar-refractivity contribution in [3.05, 3.63) is 82.7 Å². The maximum atomic E-state index is 14.6. The molecule has 0 bridgehead atoms. The predicted molar refractivity (Wildman–Crippen MR) is 96.1 cm³/mol. The van der Waals surface area contributed by atoms with Gasteiger partial charge >= 0.3 is 0 Å². The van der Waals surface area contributed by atoms with Gasteiger partial charge < -0.3 is 0 Å². The fourth-order valence-electron chi connectivity index (χ4n) is 3.15. The van der Waals surface area contributed by atoms with E-state index >= 15 is 0 Å². The van der Waals surface area contributed by atoms with Gasteiger partial charge in [0.25, 0.3) is 5.92 Å². The average molecular weight is 412 g/mol. The van der Waals surface area contributed by atoms with Crippen molar-refractivity contribution >= 4 is 0 Å². The van der Waals surface area contributed by atoms with Gasteiger partial charge in [-0.25, -0.2) is 30.7 Å². The smallest absolute Gasteiger partial charge is 0.206 e. The summed E-state index contributed by atoms with van der Waals surface area (Å²) in [5, 5.41) is 0. The molecule has 152 valence electrons. The van der Waals surface area contributed by atoms with Crippen LogP contribution in [0.2, 0.25) is 0 Å². The summed E-state index contributed by atoms with van der Waals surface area (Å²) in [4.78, 5) is 0. The van der Waals surface area contributed by atoms with E-state index in [1.807, 2.05) is 6.92 Å². The monoisotopic (exact) mass is 412 g/mol. The Labute approximate surface area is 162 Å². The first-order valence-electron chi connectivity index (χ1n) is 8.68. The lowest BCUT2D eigenvalue weighted by molar-refractivity contribution is 0.00988. The molecule has 0 nitrogen and oxygen atoms in total. The lowest BCUT2D eigenvalue weighted by Crippen LogP contribution is -2.13. The van der Waals surface area contributed by atoms with Crippen LogP contribution in [0.3, 0.4) is 0 Å². The Hall–Kier alpha value is -2.83. The van der Waals surface area contributed by atoms with Crippen LogP contribution in [0.15, 0.2) is 42.5 Å². The molecule has 3 aromatic carbocycles. The highest BCUT2D eigenvalue weighted by atomic mass is 19.3. The lowest BCUT2D eigenvalue weighted by Gasteiger charge is -2.15. The molecule has 0 aliphatic heterocycles. The molecule has 0 saturated heterocycles. The van der Waals surface area contributed by atoms with E-state index < -0.39 is 51.7 Å². The van der Waals surface area contributed by atoms with Crippen molar-refractivity contribution in [3.8, 4) is 22.3 Å². The molecule has 0 aliphatic carbocycles. The first kappa shape index (κ1) is 20.9. The topological polar surface area (TPSA) is 0 Å². The van der Waals surface area contributed by atoms with Gasteiger partial charge in [-0.15, -0.1) is 0 Å². The predicted octanol–water partition coefficient (Wildman–Crippen LogP) is 7.39. The first-order valence-corrected chi connectivity index (χ1v) is 8.68. The Morgan fingerprint density at radius 1 is 0.690 bits per heavy atom. The van der Waals surface area contributed by atoms with Crippen LogP contribution in [0, 0.1) is 29.1 Å². The first-order chi connectivity index (χ1) is 13.5. The molecule has 0 N–H and O–H groups in total. The quantitative estimate of drug-likeness (QED) is 0.392. The Morgan fingerprint density at radius 3 is 1.66 bits per heavy atom. The van der Waals surface area contributed by atoms with E-state index in [0.29, 0.717) is 31.0 Å². The van der Waals surface area contributed by atoms with Gasteiger partial charge in [0, 0.05) is 12.5 Å². The highest BCUT2D eigenvalue weighted by molar-refractivity contribution is 5.72. The van der Waals surface area contributed by atoms with Gasteiger partial charge in [-0.2, -0.15) is 0 Å². The maximum Gasteiger partial charge on any atom is 0.276 e. The number of hydrogen-bond acceptors (Lipinski definition) is 0. The summed E-state index contributed by atoms with van der Waals surface area (Å²) in [6, 6.07) is 6.74. The number of hydrogen-bond donors (Lipinski definition) is 0. The highest BCUT2D eigenvalue weighted by Crippen LogP contribution is 2.37. The van der Waals surface area contributed by atoms with Crippen molar-refractivity contribution in [2.75, 3.05) is 0 Å². The summed E-state index contributed by atoms with van der Waals surface area (Å²) in [6.45, 7) is 2.13. The molecule has 3 rings (SSSR count). The average Bonchev–Trinajstić information content (AvgIpc) is 2.59. The van der Waals surface area contributed by atoms with Crippen molar-refractivity contribution in [1.82, 2.24) is 0 Å². The molecule has 0 aromatic heterocycles. The minimum atomic E-state index is -3.81. The Morgan fingerprint density at radius 2 is 1.21 bits per heavy atom. The molecule has 0 amide bonds. The summed E-state index contributed by atoms with van der Waals surface area (Å²) in [7, 11) is 0. The third-order valence-electron chi connectivity index (χ3n) is 4.56. The molecule has 0 fully saturated rings. The fourth-order valence-corrected chi connectivity index (χ4v) is 3.15. The van der Waals surface area contributed by atoms with Crippen LogP contribution >= 0.6 is 0 Å². The second-order valence-electron chi connectivity index (χ2n) is 6.69. The second kappa shape index (κ2) is 7.54. The zero-order valence-corrected chi connectivity index (χ0v) is 15.4. The second-order valence-corrected chi connectivity index (χ2v) is 6.69. The van der Waals surface area contributed by atoms with E-state index in [1.165, 1.54) is 12.1 Å². The van der Waals surface area contributed by atoms with Gasteiger partial charge in [0.05, 0.1) is 11.1 Å². The van der Waals surface area contributed by atoms with E-state index in [2.05, 4.69) is 0 Å². The Bertz CT molecular complexity index is 1030. The van der Waals surface area contributed by atoms with E-state index in [9.17, 15) is 30.7 Å². The van der Waals surface area contributed by atoms with Crippen LogP contribution < -0.4 is 0 Å². The highest BCUT2D eigenvalue weighted by Gasteiger charge is 2.33.